The fourth-order valence-corrected chi connectivity index (χ4v) is 2.53. The van der Waals surface area contributed by atoms with Crippen molar-refractivity contribution >= 4 is 46.7 Å². The molecular weight excluding hydrogens is 361 g/mol. The molecule has 1 aromatic rings. The van der Waals surface area contributed by atoms with Gasteiger partial charge in [-0.05, 0) is 25.8 Å². The summed E-state index contributed by atoms with van der Waals surface area (Å²) < 4.78 is 0. The highest BCUT2D eigenvalue weighted by molar-refractivity contribution is 6.41. The molecule has 1 heterocycles. The Hall–Kier alpha value is -1.99. The fraction of sp³-hybridized carbons (Fsp3) is 0.400. The van der Waals surface area contributed by atoms with Crippen LogP contribution in [0, 0.1) is 5.41 Å². The van der Waals surface area contributed by atoms with Crippen LogP contribution in [0.15, 0.2) is 12.3 Å². The number of carbonyl (C=O) groups excluding carboxylic acids is 2. The van der Waals surface area contributed by atoms with Gasteiger partial charge in [-0.3, -0.25) is 19.2 Å². The molecular formula is C15H15Cl2NO6. The van der Waals surface area contributed by atoms with Crippen molar-refractivity contribution in [1.82, 2.24) is 4.98 Å². The molecule has 0 bridgehead atoms. The van der Waals surface area contributed by atoms with Gasteiger partial charge in [-0.15, -0.1) is 0 Å². The maximum Gasteiger partial charge on any atom is 0.325 e. The molecule has 0 aliphatic carbocycles. The lowest BCUT2D eigenvalue weighted by Gasteiger charge is -2.25. The maximum absolute atomic E-state index is 12.7. The lowest BCUT2D eigenvalue weighted by molar-refractivity contribution is -0.151. The Morgan fingerprint density at radius 2 is 1.79 bits per heavy atom. The third-order valence-electron chi connectivity index (χ3n) is 3.60. The molecule has 0 aliphatic heterocycles. The van der Waals surface area contributed by atoms with Gasteiger partial charge in [-0.1, -0.05) is 29.6 Å². The number of hydrogen-bond donors (Lipinski definition) is 2. The first-order chi connectivity index (χ1) is 11.1. The van der Waals surface area contributed by atoms with E-state index >= 15 is 0 Å². The molecule has 0 spiro atoms. The second kappa shape index (κ2) is 8.21. The van der Waals surface area contributed by atoms with Crippen molar-refractivity contribution in [1.29, 1.82) is 0 Å². The average Bonchev–Trinajstić information content (AvgIpc) is 2.48. The number of carbonyl (C=O) groups is 4. The summed E-state index contributed by atoms with van der Waals surface area (Å²) in [5, 5.41) is 18.0. The molecule has 0 saturated heterocycles. The lowest BCUT2D eigenvalue weighted by Crippen LogP contribution is -2.45. The summed E-state index contributed by atoms with van der Waals surface area (Å²) in [6.07, 6.45) is 0.776. The second-order valence-electron chi connectivity index (χ2n) is 5.19. The minimum atomic E-state index is -2.31. The van der Waals surface area contributed by atoms with E-state index in [1.54, 1.807) is 0 Å². The number of unbranched alkanes of at least 4 members (excludes halogenated alkanes) is 1. The number of ketones is 2. The zero-order valence-electron chi connectivity index (χ0n) is 12.7. The van der Waals surface area contributed by atoms with Gasteiger partial charge in [0.1, 0.15) is 5.15 Å². The predicted octanol–water partition coefficient (Wildman–Crippen LogP) is 2.88. The number of carboxylic acids is 2. The largest absolute Gasteiger partial charge is 0.481 e. The Morgan fingerprint density at radius 1 is 1.17 bits per heavy atom. The van der Waals surface area contributed by atoms with Crippen LogP contribution in [0.25, 0.3) is 0 Å². The van der Waals surface area contributed by atoms with E-state index in [2.05, 4.69) is 4.98 Å². The topological polar surface area (TPSA) is 122 Å². The first-order valence-corrected chi connectivity index (χ1v) is 7.70. The van der Waals surface area contributed by atoms with Crippen LogP contribution in [0.4, 0.5) is 0 Å². The van der Waals surface area contributed by atoms with E-state index in [4.69, 9.17) is 28.3 Å². The summed E-state index contributed by atoms with van der Waals surface area (Å²) in [7, 11) is 0. The molecule has 0 fully saturated rings. The summed E-state index contributed by atoms with van der Waals surface area (Å²) in [5.74, 6) is -4.44. The van der Waals surface area contributed by atoms with Gasteiger partial charge in [0.05, 0.1) is 5.02 Å². The van der Waals surface area contributed by atoms with Crippen LogP contribution in [-0.4, -0.2) is 38.7 Å². The zero-order chi connectivity index (χ0) is 18.5. The van der Waals surface area contributed by atoms with Crippen LogP contribution in [-0.2, 0) is 14.4 Å². The normalized spacial score (nSPS) is 13.1. The molecule has 7 nitrogen and oxygen atoms in total. The molecule has 0 radical (unpaired) electrons. The van der Waals surface area contributed by atoms with E-state index in [1.807, 2.05) is 0 Å². The average molecular weight is 376 g/mol. The van der Waals surface area contributed by atoms with E-state index in [9.17, 15) is 24.3 Å². The van der Waals surface area contributed by atoms with Gasteiger partial charge in [-0.25, -0.2) is 4.98 Å². The highest BCUT2D eigenvalue weighted by Gasteiger charge is 2.50. The Balaban J connectivity index is 3.18. The van der Waals surface area contributed by atoms with Crippen LogP contribution in [0.5, 0.6) is 0 Å². The van der Waals surface area contributed by atoms with E-state index in [-0.39, 0.29) is 41.4 Å². The fourth-order valence-electron chi connectivity index (χ4n) is 2.26. The number of halogens is 2. The summed E-state index contributed by atoms with van der Waals surface area (Å²) in [4.78, 5) is 50.6. The number of carboxylic acid groups (broad SMARTS) is 2. The summed E-state index contributed by atoms with van der Waals surface area (Å²) in [6, 6.07) is 1.15. The zero-order valence-corrected chi connectivity index (χ0v) is 14.2. The van der Waals surface area contributed by atoms with Crippen molar-refractivity contribution in [2.45, 2.75) is 32.6 Å². The minimum Gasteiger partial charge on any atom is -0.481 e. The number of aliphatic carboxylic acids is 2. The molecule has 2 N–H and O–H groups in total. The number of aromatic nitrogens is 1. The second-order valence-corrected chi connectivity index (χ2v) is 5.96. The first kappa shape index (κ1) is 20.1. The highest BCUT2D eigenvalue weighted by Crippen LogP contribution is 2.33. The van der Waals surface area contributed by atoms with Crippen molar-refractivity contribution in [3.63, 3.8) is 0 Å². The first-order valence-electron chi connectivity index (χ1n) is 6.95. The van der Waals surface area contributed by atoms with Gasteiger partial charge in [0.2, 0.25) is 0 Å². The van der Waals surface area contributed by atoms with Crippen LogP contribution < -0.4 is 0 Å². The standard InChI is InChI=1S/C15H15Cl2NO6/c1-8(19)15(14(23)24,5-3-2-4-11(20)21)12(22)9-6-10(16)13(17)18-7-9/h6-7H,2-5H2,1H3,(H,20,21)(H,23,24). The van der Waals surface area contributed by atoms with Gasteiger partial charge in [0.15, 0.2) is 17.0 Å². The van der Waals surface area contributed by atoms with Gasteiger partial charge in [-0.2, -0.15) is 0 Å². The monoisotopic (exact) mass is 375 g/mol. The number of hydrogen-bond acceptors (Lipinski definition) is 5. The van der Waals surface area contributed by atoms with E-state index in [0.29, 0.717) is 0 Å². The SMILES string of the molecule is CC(=O)C(CCCCC(=O)O)(C(=O)O)C(=O)c1cnc(Cl)c(Cl)c1. The van der Waals surface area contributed by atoms with Crippen molar-refractivity contribution in [3.05, 3.63) is 28.0 Å². The van der Waals surface area contributed by atoms with Gasteiger partial charge >= 0.3 is 11.9 Å². The number of rotatable bonds is 9. The highest BCUT2D eigenvalue weighted by atomic mass is 35.5. The van der Waals surface area contributed by atoms with E-state index in [1.165, 1.54) is 0 Å². The molecule has 1 atom stereocenters. The molecule has 24 heavy (non-hydrogen) atoms. The third kappa shape index (κ3) is 4.30. The maximum atomic E-state index is 12.7. The Bertz CT molecular complexity index is 675. The van der Waals surface area contributed by atoms with Crippen LogP contribution in [0.1, 0.15) is 43.0 Å². The summed E-state index contributed by atoms with van der Waals surface area (Å²) >= 11 is 11.4. The van der Waals surface area contributed by atoms with Crippen molar-refractivity contribution in [2.24, 2.45) is 5.41 Å². The molecule has 0 saturated carbocycles. The van der Waals surface area contributed by atoms with Crippen molar-refractivity contribution in [3.8, 4) is 0 Å². The number of Topliss-reactive ketones (excluding diaryl/α,β-unsaturated/α-hetero) is 2. The van der Waals surface area contributed by atoms with Gasteiger partial charge in [0, 0.05) is 18.2 Å². The molecule has 0 amide bonds. The van der Waals surface area contributed by atoms with Gasteiger partial charge < -0.3 is 10.2 Å². The molecule has 1 unspecified atom stereocenters. The van der Waals surface area contributed by atoms with Crippen molar-refractivity contribution < 1.29 is 29.4 Å². The van der Waals surface area contributed by atoms with E-state index in [0.717, 1.165) is 19.2 Å². The molecule has 0 aromatic carbocycles. The predicted molar refractivity (Wildman–Crippen MR) is 85.4 cm³/mol. The van der Waals surface area contributed by atoms with Gasteiger partial charge in [0.25, 0.3) is 0 Å². The lowest BCUT2D eigenvalue weighted by atomic mass is 9.73. The van der Waals surface area contributed by atoms with E-state index < -0.39 is 28.9 Å². The Labute approximate surface area is 147 Å². The van der Waals surface area contributed by atoms with Crippen LogP contribution in [0.3, 0.4) is 0 Å². The summed E-state index contributed by atoms with van der Waals surface area (Å²) in [5.41, 5.74) is -2.46. The number of pyridine rings is 1. The summed E-state index contributed by atoms with van der Waals surface area (Å²) in [6.45, 7) is 1.01. The third-order valence-corrected chi connectivity index (χ3v) is 4.29. The molecule has 0 aliphatic rings. The number of nitrogens with zero attached hydrogens (tertiary/aromatic N) is 1. The molecule has 9 heteroatoms. The quantitative estimate of drug-likeness (QED) is 0.294. The molecule has 1 rings (SSSR count). The minimum absolute atomic E-state index is 0.0452. The Kier molecular flexibility index (Phi) is 6.86. The molecule has 130 valence electrons. The van der Waals surface area contributed by atoms with Crippen molar-refractivity contribution in [2.75, 3.05) is 0 Å². The smallest absolute Gasteiger partial charge is 0.325 e. The Morgan fingerprint density at radius 3 is 2.25 bits per heavy atom. The van der Waals surface area contributed by atoms with Crippen LogP contribution >= 0.6 is 23.2 Å². The molecule has 1 aromatic heterocycles. The van der Waals surface area contributed by atoms with Crippen LogP contribution in [0.2, 0.25) is 10.2 Å².